The first-order valence-electron chi connectivity index (χ1n) is 10.4. The summed E-state index contributed by atoms with van der Waals surface area (Å²) in [7, 11) is 0. The highest BCUT2D eigenvalue weighted by atomic mass is 35.5. The zero-order valence-electron chi connectivity index (χ0n) is 17.5. The van der Waals surface area contributed by atoms with Crippen LogP contribution in [0, 0.1) is 0 Å². The summed E-state index contributed by atoms with van der Waals surface area (Å²) in [5.74, 6) is -0.257. The van der Waals surface area contributed by atoms with Crippen LogP contribution in [0.3, 0.4) is 0 Å². The molecule has 0 unspecified atom stereocenters. The molecule has 2 aromatic carbocycles. The lowest BCUT2D eigenvalue weighted by atomic mass is 10.1. The Labute approximate surface area is 207 Å². The van der Waals surface area contributed by atoms with Crippen molar-refractivity contribution in [2.45, 2.75) is 51.2 Å². The minimum absolute atomic E-state index is 0.131. The molecule has 0 heterocycles. The fraction of sp³-hybridized carbons (Fsp3) is 0.391. The summed E-state index contributed by atoms with van der Waals surface area (Å²) < 4.78 is 5.62. The molecule has 1 fully saturated rings. The Morgan fingerprint density at radius 2 is 1.66 bits per heavy atom. The largest absolute Gasteiger partial charge is 0.482 e. The first-order valence-corrected chi connectivity index (χ1v) is 11.9. The van der Waals surface area contributed by atoms with E-state index in [-0.39, 0.29) is 31.0 Å². The van der Waals surface area contributed by atoms with Crippen LogP contribution in [-0.4, -0.2) is 35.4 Å². The Bertz CT molecular complexity index is 980. The number of halogens is 4. The monoisotopic (exact) mass is 516 g/mol. The first kappa shape index (κ1) is 25.0. The number of carbonyl (C=O) groups is 2. The maximum Gasteiger partial charge on any atom is 0.261 e. The van der Waals surface area contributed by atoms with Gasteiger partial charge in [0.05, 0.1) is 5.02 Å². The number of nitrogens with one attached hydrogen (secondary N) is 1. The summed E-state index contributed by atoms with van der Waals surface area (Å²) >= 11 is 24.4. The average Bonchev–Trinajstić information content (AvgIpc) is 3.25. The molecule has 32 heavy (non-hydrogen) atoms. The van der Waals surface area contributed by atoms with Crippen molar-refractivity contribution in [2.24, 2.45) is 0 Å². The molecule has 0 spiro atoms. The van der Waals surface area contributed by atoms with Crippen molar-refractivity contribution in [1.82, 2.24) is 10.2 Å². The van der Waals surface area contributed by atoms with Crippen molar-refractivity contribution >= 4 is 58.2 Å². The topological polar surface area (TPSA) is 58.6 Å². The Morgan fingerprint density at radius 1 is 1.03 bits per heavy atom. The number of ether oxygens (including phenoxy) is 1. The predicted molar refractivity (Wildman–Crippen MR) is 129 cm³/mol. The second-order valence-corrected chi connectivity index (χ2v) is 9.47. The van der Waals surface area contributed by atoms with Crippen LogP contribution in [0.4, 0.5) is 0 Å². The van der Waals surface area contributed by atoms with E-state index in [0.717, 1.165) is 25.7 Å². The van der Waals surface area contributed by atoms with Crippen molar-refractivity contribution in [3.63, 3.8) is 0 Å². The Balaban J connectivity index is 1.76. The van der Waals surface area contributed by atoms with Crippen LogP contribution in [0.15, 0.2) is 36.4 Å². The average molecular weight is 518 g/mol. The van der Waals surface area contributed by atoms with Crippen molar-refractivity contribution in [1.29, 1.82) is 0 Å². The predicted octanol–water partition coefficient (Wildman–Crippen LogP) is 6.16. The minimum Gasteiger partial charge on any atom is -0.482 e. The molecule has 0 radical (unpaired) electrons. The Kier molecular flexibility index (Phi) is 8.95. The van der Waals surface area contributed by atoms with Crippen LogP contribution in [0.2, 0.25) is 20.1 Å². The van der Waals surface area contributed by atoms with Crippen LogP contribution < -0.4 is 10.1 Å². The van der Waals surface area contributed by atoms with Gasteiger partial charge in [-0.15, -0.1) is 0 Å². The molecule has 5 nitrogen and oxygen atoms in total. The molecule has 3 rings (SSSR count). The highest BCUT2D eigenvalue weighted by Crippen LogP contribution is 2.28. The molecule has 0 bridgehead atoms. The van der Waals surface area contributed by atoms with Crippen LogP contribution in [-0.2, 0) is 16.1 Å². The van der Waals surface area contributed by atoms with E-state index in [2.05, 4.69) is 5.32 Å². The highest BCUT2D eigenvalue weighted by Gasteiger charge is 2.29. The van der Waals surface area contributed by atoms with E-state index < -0.39 is 6.04 Å². The summed E-state index contributed by atoms with van der Waals surface area (Å²) in [5.41, 5.74) is 0.675. The molecule has 0 aromatic heterocycles. The lowest BCUT2D eigenvalue weighted by molar-refractivity contribution is -0.142. The molecular weight excluding hydrogens is 494 g/mol. The third kappa shape index (κ3) is 6.67. The summed E-state index contributed by atoms with van der Waals surface area (Å²) in [5, 5.41) is 4.72. The van der Waals surface area contributed by atoms with Gasteiger partial charge in [-0.1, -0.05) is 65.3 Å². The van der Waals surface area contributed by atoms with Gasteiger partial charge in [-0.3, -0.25) is 9.59 Å². The smallest absolute Gasteiger partial charge is 0.261 e. The molecule has 2 aromatic rings. The van der Waals surface area contributed by atoms with Crippen LogP contribution in [0.25, 0.3) is 0 Å². The first-order chi connectivity index (χ1) is 15.2. The van der Waals surface area contributed by atoms with Gasteiger partial charge < -0.3 is 15.0 Å². The lowest BCUT2D eigenvalue weighted by Gasteiger charge is -2.30. The number of carbonyl (C=O) groups excluding carboxylic acids is 2. The summed E-state index contributed by atoms with van der Waals surface area (Å²) in [4.78, 5) is 27.5. The molecule has 0 aliphatic heterocycles. The normalized spacial score (nSPS) is 14.8. The molecule has 1 N–H and O–H groups in total. The van der Waals surface area contributed by atoms with Crippen molar-refractivity contribution in [2.75, 3.05) is 6.61 Å². The maximum atomic E-state index is 13.1. The molecule has 1 saturated carbocycles. The Hall–Kier alpha value is -1.66. The number of benzene rings is 2. The number of nitrogens with zero attached hydrogens (tertiary/aromatic N) is 1. The van der Waals surface area contributed by atoms with Crippen LogP contribution in [0.1, 0.15) is 38.2 Å². The van der Waals surface area contributed by atoms with E-state index in [0.29, 0.717) is 31.4 Å². The fourth-order valence-electron chi connectivity index (χ4n) is 3.62. The molecular formula is C23H24Cl4N2O3. The zero-order chi connectivity index (χ0) is 23.3. The van der Waals surface area contributed by atoms with Crippen molar-refractivity contribution in [3.05, 3.63) is 62.1 Å². The van der Waals surface area contributed by atoms with Gasteiger partial charge in [0.25, 0.3) is 5.91 Å². The van der Waals surface area contributed by atoms with Gasteiger partial charge in [0, 0.05) is 27.7 Å². The molecule has 9 heteroatoms. The highest BCUT2D eigenvalue weighted by molar-refractivity contribution is 6.35. The van der Waals surface area contributed by atoms with E-state index in [1.165, 1.54) is 11.0 Å². The standard InChI is InChI=1S/C23H24Cl4N2O3/c1-14(23(31)28-18-4-2-3-5-18)29(12-15-6-7-16(24)10-19(15)26)22(30)13-32-21-9-8-17(25)11-20(21)27/h6-11,14,18H,2-5,12-13H2,1H3,(H,28,31)/t14-/m1/s1. The zero-order valence-corrected chi connectivity index (χ0v) is 20.6. The van der Waals surface area contributed by atoms with E-state index >= 15 is 0 Å². The van der Waals surface area contributed by atoms with Crippen molar-refractivity contribution < 1.29 is 14.3 Å². The van der Waals surface area contributed by atoms with Gasteiger partial charge in [0.2, 0.25) is 5.91 Å². The minimum atomic E-state index is -0.723. The van der Waals surface area contributed by atoms with E-state index in [4.69, 9.17) is 51.1 Å². The van der Waals surface area contributed by atoms with E-state index in [9.17, 15) is 9.59 Å². The molecule has 1 aliphatic rings. The molecule has 2 amide bonds. The number of amides is 2. The van der Waals surface area contributed by atoms with E-state index in [1.807, 2.05) is 0 Å². The third-order valence-electron chi connectivity index (χ3n) is 5.47. The van der Waals surface area contributed by atoms with Gasteiger partial charge in [-0.25, -0.2) is 0 Å². The second-order valence-electron chi connectivity index (χ2n) is 7.79. The number of rotatable bonds is 8. The van der Waals surface area contributed by atoms with Gasteiger partial charge in [-0.2, -0.15) is 0 Å². The fourth-order valence-corrected chi connectivity index (χ4v) is 4.55. The summed E-state index contributed by atoms with van der Waals surface area (Å²) in [6.45, 7) is 1.53. The number of hydrogen-bond donors (Lipinski definition) is 1. The van der Waals surface area contributed by atoms with Gasteiger partial charge in [0.15, 0.2) is 6.61 Å². The molecule has 1 atom stereocenters. The quantitative estimate of drug-likeness (QED) is 0.456. The van der Waals surface area contributed by atoms with Gasteiger partial charge in [0.1, 0.15) is 11.8 Å². The van der Waals surface area contributed by atoms with Crippen molar-refractivity contribution in [3.8, 4) is 5.75 Å². The van der Waals surface area contributed by atoms with Gasteiger partial charge >= 0.3 is 0 Å². The van der Waals surface area contributed by atoms with E-state index in [1.54, 1.807) is 37.3 Å². The summed E-state index contributed by atoms with van der Waals surface area (Å²) in [6, 6.07) is 9.21. The molecule has 1 aliphatic carbocycles. The Morgan fingerprint density at radius 3 is 2.28 bits per heavy atom. The lowest BCUT2D eigenvalue weighted by Crippen LogP contribution is -2.50. The second kappa shape index (κ2) is 11.5. The van der Waals surface area contributed by atoms with Crippen LogP contribution in [0.5, 0.6) is 5.75 Å². The van der Waals surface area contributed by atoms with Gasteiger partial charge in [-0.05, 0) is 55.7 Å². The molecule has 172 valence electrons. The molecule has 0 saturated heterocycles. The SMILES string of the molecule is C[C@H](C(=O)NC1CCCC1)N(Cc1ccc(Cl)cc1Cl)C(=O)COc1ccc(Cl)cc1Cl. The summed E-state index contributed by atoms with van der Waals surface area (Å²) in [6.07, 6.45) is 4.09. The number of hydrogen-bond acceptors (Lipinski definition) is 3. The van der Waals surface area contributed by atoms with Crippen LogP contribution >= 0.6 is 46.4 Å². The maximum absolute atomic E-state index is 13.1. The third-order valence-corrected chi connectivity index (χ3v) is 6.59.